The van der Waals surface area contributed by atoms with Crippen molar-refractivity contribution in [1.82, 2.24) is 0 Å². The molecule has 2 N–H and O–H groups in total. The monoisotopic (exact) mass is 379 g/mol. The molecule has 0 saturated heterocycles. The Morgan fingerprint density at radius 1 is 0.815 bits per heavy atom. The Morgan fingerprint density at radius 3 is 1.85 bits per heavy atom. The third kappa shape index (κ3) is 4.52. The summed E-state index contributed by atoms with van der Waals surface area (Å²) in [5, 5.41) is 0. The van der Waals surface area contributed by atoms with Gasteiger partial charge in [0.05, 0.1) is 10.9 Å². The average molecular weight is 379 g/mol. The predicted molar refractivity (Wildman–Crippen MR) is 107 cm³/mol. The molecule has 0 unspecified atom stereocenters. The molecule has 4 nitrogen and oxygen atoms in total. The Labute approximate surface area is 160 Å². The minimum atomic E-state index is -4.00. The van der Waals surface area contributed by atoms with Crippen LogP contribution in [0.15, 0.2) is 96.4 Å². The van der Waals surface area contributed by atoms with E-state index in [1.165, 1.54) is 12.1 Å². The van der Waals surface area contributed by atoms with Crippen LogP contribution in [0.1, 0.15) is 28.8 Å². The van der Waals surface area contributed by atoms with Crippen molar-refractivity contribution < 1.29 is 12.6 Å². The molecule has 138 valence electrons. The molecule has 0 saturated carbocycles. The second-order valence-corrected chi connectivity index (χ2v) is 7.66. The van der Waals surface area contributed by atoms with Crippen LogP contribution >= 0.6 is 0 Å². The molecule has 0 bridgehead atoms. The van der Waals surface area contributed by atoms with Gasteiger partial charge in [0.2, 0.25) is 0 Å². The van der Waals surface area contributed by atoms with Gasteiger partial charge in [0.1, 0.15) is 6.10 Å². The lowest BCUT2D eigenvalue weighted by atomic mass is 9.97. The second-order valence-electron chi connectivity index (χ2n) is 6.09. The molecule has 0 aliphatic rings. The Balaban J connectivity index is 1.96. The van der Waals surface area contributed by atoms with E-state index in [0.29, 0.717) is 5.56 Å². The van der Waals surface area contributed by atoms with Crippen LogP contribution in [0.2, 0.25) is 0 Å². The first-order chi connectivity index (χ1) is 13.0. The van der Waals surface area contributed by atoms with Crippen LogP contribution in [0.5, 0.6) is 0 Å². The van der Waals surface area contributed by atoms with E-state index in [1.807, 2.05) is 60.7 Å². The van der Waals surface area contributed by atoms with Crippen LogP contribution in [0.25, 0.3) is 6.08 Å². The summed E-state index contributed by atoms with van der Waals surface area (Å²) in [6.07, 6.45) is 0.799. The lowest BCUT2D eigenvalue weighted by Crippen LogP contribution is -2.25. The van der Waals surface area contributed by atoms with E-state index >= 15 is 0 Å². The van der Waals surface area contributed by atoms with Crippen molar-refractivity contribution in [2.75, 3.05) is 0 Å². The average Bonchev–Trinajstić information content (AvgIpc) is 2.73. The number of nitrogens with two attached hydrogens (primary N) is 1. The summed E-state index contributed by atoms with van der Waals surface area (Å²) in [5.74, 6) is 0. The molecule has 3 aromatic carbocycles. The SMILES string of the molecule is C=Cc1ccc(S(=O)(=O)O[C@H](c2ccccc2)[C@H](N)c2ccccc2)cc1. The van der Waals surface area contributed by atoms with Crippen molar-refractivity contribution in [3.8, 4) is 0 Å². The highest BCUT2D eigenvalue weighted by molar-refractivity contribution is 7.86. The van der Waals surface area contributed by atoms with E-state index in [1.54, 1.807) is 18.2 Å². The van der Waals surface area contributed by atoms with E-state index in [2.05, 4.69) is 6.58 Å². The first-order valence-corrected chi connectivity index (χ1v) is 9.93. The lowest BCUT2D eigenvalue weighted by Gasteiger charge is -2.24. The van der Waals surface area contributed by atoms with Crippen molar-refractivity contribution in [3.63, 3.8) is 0 Å². The first kappa shape index (κ1) is 19.0. The van der Waals surface area contributed by atoms with Crippen LogP contribution in [0.3, 0.4) is 0 Å². The third-order valence-corrected chi connectivity index (χ3v) is 5.58. The van der Waals surface area contributed by atoms with E-state index in [9.17, 15) is 8.42 Å². The zero-order valence-corrected chi connectivity index (χ0v) is 15.5. The highest BCUT2D eigenvalue weighted by Gasteiger charge is 2.29. The summed E-state index contributed by atoms with van der Waals surface area (Å²) in [4.78, 5) is 0.0780. The molecule has 0 aromatic heterocycles. The molecule has 0 heterocycles. The van der Waals surface area contributed by atoms with Crippen LogP contribution in [0.4, 0.5) is 0 Å². The number of hydrogen-bond acceptors (Lipinski definition) is 4. The van der Waals surface area contributed by atoms with E-state index in [4.69, 9.17) is 9.92 Å². The fraction of sp³-hybridized carbons (Fsp3) is 0.0909. The van der Waals surface area contributed by atoms with Crippen molar-refractivity contribution in [1.29, 1.82) is 0 Å². The number of benzene rings is 3. The topological polar surface area (TPSA) is 69.4 Å². The number of rotatable bonds is 7. The molecular formula is C22H21NO3S. The van der Waals surface area contributed by atoms with Gasteiger partial charge in [-0.15, -0.1) is 0 Å². The van der Waals surface area contributed by atoms with Gasteiger partial charge in [-0.2, -0.15) is 8.42 Å². The van der Waals surface area contributed by atoms with Crippen molar-refractivity contribution in [2.45, 2.75) is 17.0 Å². The summed E-state index contributed by atoms with van der Waals surface area (Å²) < 4.78 is 31.3. The summed E-state index contributed by atoms with van der Waals surface area (Å²) in [7, 11) is -4.00. The molecule has 0 spiro atoms. The van der Waals surface area contributed by atoms with Gasteiger partial charge in [-0.1, -0.05) is 85.5 Å². The second kappa shape index (κ2) is 8.31. The molecule has 5 heteroatoms. The Kier molecular flexibility index (Phi) is 5.86. The summed E-state index contributed by atoms with van der Waals surface area (Å²) in [6, 6.07) is 24.2. The molecule has 3 aromatic rings. The molecule has 2 atom stereocenters. The Hall–Kier alpha value is -2.73. The largest absolute Gasteiger partial charge is 0.321 e. The summed E-state index contributed by atoms with van der Waals surface area (Å²) >= 11 is 0. The lowest BCUT2D eigenvalue weighted by molar-refractivity contribution is 0.182. The van der Waals surface area contributed by atoms with Crippen LogP contribution in [0, 0.1) is 0 Å². The highest BCUT2D eigenvalue weighted by atomic mass is 32.2. The third-order valence-electron chi connectivity index (χ3n) is 4.27. The standard InChI is InChI=1S/C22H21NO3S/c1-2-17-13-15-20(16-14-17)27(24,25)26-22(19-11-7-4-8-12-19)21(23)18-9-5-3-6-10-18/h2-16,21-22H,1,23H2/t21-,22-/m1/s1. The number of hydrogen-bond donors (Lipinski definition) is 1. The van der Waals surface area contributed by atoms with E-state index < -0.39 is 22.3 Å². The van der Waals surface area contributed by atoms with Crippen LogP contribution in [-0.2, 0) is 14.3 Å². The molecule has 0 radical (unpaired) electrons. The molecule has 0 aliphatic carbocycles. The van der Waals surface area contributed by atoms with E-state index in [0.717, 1.165) is 11.1 Å². The van der Waals surface area contributed by atoms with Crippen LogP contribution in [-0.4, -0.2) is 8.42 Å². The zero-order chi connectivity index (χ0) is 19.3. The quantitative estimate of drug-likeness (QED) is 0.615. The Bertz CT molecular complexity index is 985. The minimum Gasteiger partial charge on any atom is -0.321 e. The molecule has 27 heavy (non-hydrogen) atoms. The maximum Gasteiger partial charge on any atom is 0.297 e. The van der Waals surface area contributed by atoms with Gasteiger partial charge < -0.3 is 5.73 Å². The smallest absolute Gasteiger partial charge is 0.297 e. The fourth-order valence-electron chi connectivity index (χ4n) is 2.78. The maximum atomic E-state index is 12.8. The zero-order valence-electron chi connectivity index (χ0n) is 14.7. The predicted octanol–water partition coefficient (Wildman–Crippen LogP) is 4.48. The van der Waals surface area contributed by atoms with Gasteiger partial charge in [-0.3, -0.25) is 4.18 Å². The molecule has 0 fully saturated rings. The van der Waals surface area contributed by atoms with E-state index in [-0.39, 0.29) is 4.90 Å². The minimum absolute atomic E-state index is 0.0780. The van der Waals surface area contributed by atoms with Crippen molar-refractivity contribution in [3.05, 3.63) is 108 Å². The van der Waals surface area contributed by atoms with Crippen molar-refractivity contribution in [2.24, 2.45) is 5.73 Å². The molecule has 0 amide bonds. The van der Waals surface area contributed by atoms with Gasteiger partial charge in [0, 0.05) is 0 Å². The molecular weight excluding hydrogens is 358 g/mol. The van der Waals surface area contributed by atoms with Gasteiger partial charge >= 0.3 is 0 Å². The summed E-state index contributed by atoms with van der Waals surface area (Å²) in [6.45, 7) is 3.67. The van der Waals surface area contributed by atoms with Crippen molar-refractivity contribution >= 4 is 16.2 Å². The van der Waals surface area contributed by atoms with Gasteiger partial charge in [0.15, 0.2) is 0 Å². The highest BCUT2D eigenvalue weighted by Crippen LogP contribution is 2.33. The van der Waals surface area contributed by atoms with Gasteiger partial charge in [-0.05, 0) is 28.8 Å². The van der Waals surface area contributed by atoms with Gasteiger partial charge in [-0.25, -0.2) is 0 Å². The fourth-order valence-corrected chi connectivity index (χ4v) is 3.86. The van der Waals surface area contributed by atoms with Crippen LogP contribution < -0.4 is 5.73 Å². The maximum absolute atomic E-state index is 12.8. The summed E-state index contributed by atoms with van der Waals surface area (Å²) in [5.41, 5.74) is 8.72. The molecule has 3 rings (SSSR count). The Morgan fingerprint density at radius 2 is 1.33 bits per heavy atom. The van der Waals surface area contributed by atoms with Gasteiger partial charge in [0.25, 0.3) is 10.1 Å². The molecule has 0 aliphatic heterocycles. The normalized spacial score (nSPS) is 13.7. The first-order valence-electron chi connectivity index (χ1n) is 8.52.